The van der Waals surface area contributed by atoms with Crippen LogP contribution >= 0.6 is 0 Å². The third kappa shape index (κ3) is 3.86. The van der Waals surface area contributed by atoms with Gasteiger partial charge in [-0.3, -0.25) is 4.90 Å². The monoisotopic (exact) mass is 287 g/mol. The Bertz CT molecular complexity index is 556. The number of imidazole rings is 1. The highest BCUT2D eigenvalue weighted by molar-refractivity contribution is 5.08. The maximum atomic E-state index is 5.75. The summed E-state index contributed by atoms with van der Waals surface area (Å²) >= 11 is 0. The van der Waals surface area contributed by atoms with Crippen LogP contribution in [-0.2, 0) is 17.7 Å². The molecule has 1 N–H and O–H groups in total. The summed E-state index contributed by atoms with van der Waals surface area (Å²) in [6.07, 6.45) is 6.10. The quantitative estimate of drug-likeness (QED) is 0.915. The van der Waals surface area contributed by atoms with Gasteiger partial charge in [-0.1, -0.05) is 0 Å². The van der Waals surface area contributed by atoms with E-state index in [1.807, 2.05) is 6.07 Å². The van der Waals surface area contributed by atoms with Gasteiger partial charge in [-0.2, -0.15) is 0 Å². The Kier molecular flexibility index (Phi) is 4.57. The average molecular weight is 287 g/mol. The number of nitrogens with one attached hydrogen (secondary N) is 1. The first-order chi connectivity index (χ1) is 10.3. The summed E-state index contributed by atoms with van der Waals surface area (Å²) in [6, 6.07) is 1.98. The van der Waals surface area contributed by atoms with Gasteiger partial charge in [0.05, 0.1) is 25.2 Å². The van der Waals surface area contributed by atoms with Gasteiger partial charge >= 0.3 is 0 Å². The van der Waals surface area contributed by atoms with Crippen LogP contribution < -0.4 is 0 Å². The van der Waals surface area contributed by atoms with E-state index in [0.29, 0.717) is 5.92 Å². The van der Waals surface area contributed by atoms with E-state index in [-0.39, 0.29) is 0 Å². The molecule has 2 aromatic heterocycles. The fourth-order valence-corrected chi connectivity index (χ4v) is 2.71. The van der Waals surface area contributed by atoms with Crippen molar-refractivity contribution in [3.05, 3.63) is 42.0 Å². The van der Waals surface area contributed by atoms with Crippen LogP contribution in [0.3, 0.4) is 0 Å². The molecule has 0 amide bonds. The maximum absolute atomic E-state index is 5.75. The summed E-state index contributed by atoms with van der Waals surface area (Å²) in [7, 11) is 0. The van der Waals surface area contributed by atoms with Crippen molar-refractivity contribution < 1.29 is 4.74 Å². The zero-order chi connectivity index (χ0) is 14.5. The number of ether oxygens (including phenoxy) is 1. The van der Waals surface area contributed by atoms with Crippen LogP contribution in [0.5, 0.6) is 0 Å². The Balaban J connectivity index is 1.62. The third-order valence-corrected chi connectivity index (χ3v) is 3.87. The van der Waals surface area contributed by atoms with Crippen molar-refractivity contribution in [3.63, 3.8) is 0 Å². The summed E-state index contributed by atoms with van der Waals surface area (Å²) in [5, 5.41) is 0. The lowest BCUT2D eigenvalue weighted by molar-refractivity contribution is 0.121. The predicted molar refractivity (Wildman–Crippen MR) is 78.6 cm³/mol. The van der Waals surface area contributed by atoms with Crippen molar-refractivity contribution in [3.8, 4) is 0 Å². The zero-order valence-corrected chi connectivity index (χ0v) is 12.3. The van der Waals surface area contributed by atoms with Crippen LogP contribution in [0.15, 0.2) is 24.9 Å². The van der Waals surface area contributed by atoms with E-state index < -0.39 is 0 Å². The summed E-state index contributed by atoms with van der Waals surface area (Å²) in [5.41, 5.74) is 3.35. The second-order valence-corrected chi connectivity index (χ2v) is 5.56. The van der Waals surface area contributed by atoms with E-state index >= 15 is 0 Å². The van der Waals surface area contributed by atoms with E-state index in [1.165, 1.54) is 0 Å². The molecule has 1 fully saturated rings. The normalized spacial score (nSPS) is 20.3. The van der Waals surface area contributed by atoms with Crippen LogP contribution in [0.1, 0.15) is 17.1 Å². The summed E-state index contributed by atoms with van der Waals surface area (Å²) in [5.74, 6) is 0.460. The molecule has 1 atom stereocenters. The first-order valence-corrected chi connectivity index (χ1v) is 7.35. The molecule has 6 heteroatoms. The lowest BCUT2D eigenvalue weighted by Gasteiger charge is -2.22. The Morgan fingerprint density at radius 3 is 3.14 bits per heavy atom. The number of aromatic nitrogens is 4. The van der Waals surface area contributed by atoms with Crippen molar-refractivity contribution >= 4 is 0 Å². The summed E-state index contributed by atoms with van der Waals surface area (Å²) in [4.78, 5) is 18.2. The molecular weight excluding hydrogens is 266 g/mol. The first-order valence-electron chi connectivity index (χ1n) is 7.35. The minimum absolute atomic E-state index is 0.460. The number of rotatable bonds is 4. The van der Waals surface area contributed by atoms with Gasteiger partial charge in [0.25, 0.3) is 0 Å². The van der Waals surface area contributed by atoms with Crippen LogP contribution in [0.25, 0.3) is 0 Å². The van der Waals surface area contributed by atoms with Crippen molar-refractivity contribution in [1.82, 2.24) is 24.8 Å². The molecule has 0 radical (unpaired) electrons. The largest absolute Gasteiger partial charge is 0.380 e. The van der Waals surface area contributed by atoms with Crippen LogP contribution in [-0.4, -0.2) is 51.1 Å². The highest BCUT2D eigenvalue weighted by Gasteiger charge is 2.20. The topological polar surface area (TPSA) is 66.9 Å². The SMILES string of the molecule is Cc1[nH]cnc1CN1CCOCC(Cc2ccncn2)C1. The molecule has 0 spiro atoms. The zero-order valence-electron chi connectivity index (χ0n) is 12.3. The van der Waals surface area contributed by atoms with Crippen molar-refractivity contribution in [1.29, 1.82) is 0 Å². The Labute approximate surface area is 124 Å². The lowest BCUT2D eigenvalue weighted by Crippen LogP contribution is -2.31. The minimum Gasteiger partial charge on any atom is -0.380 e. The molecule has 1 aliphatic heterocycles. The summed E-state index contributed by atoms with van der Waals surface area (Å²) < 4.78 is 5.75. The molecule has 0 saturated carbocycles. The molecule has 0 aromatic carbocycles. The van der Waals surface area contributed by atoms with Gasteiger partial charge < -0.3 is 9.72 Å². The van der Waals surface area contributed by atoms with E-state index in [9.17, 15) is 0 Å². The lowest BCUT2D eigenvalue weighted by atomic mass is 10.0. The Morgan fingerprint density at radius 1 is 1.43 bits per heavy atom. The van der Waals surface area contributed by atoms with Crippen molar-refractivity contribution in [2.45, 2.75) is 19.9 Å². The predicted octanol–water partition coefficient (Wildman–Crippen LogP) is 1.20. The smallest absolute Gasteiger partial charge is 0.115 e. The van der Waals surface area contributed by atoms with Crippen LogP contribution in [0.4, 0.5) is 0 Å². The highest BCUT2D eigenvalue weighted by atomic mass is 16.5. The average Bonchev–Trinajstić information content (AvgIpc) is 2.76. The van der Waals surface area contributed by atoms with Gasteiger partial charge in [-0.05, 0) is 19.4 Å². The molecule has 3 heterocycles. The molecule has 1 unspecified atom stereocenters. The molecular formula is C15H21N5O. The number of hydrogen-bond donors (Lipinski definition) is 1. The van der Waals surface area contributed by atoms with E-state index in [4.69, 9.17) is 4.74 Å². The number of aromatic amines is 1. The Morgan fingerprint density at radius 2 is 2.38 bits per heavy atom. The second-order valence-electron chi connectivity index (χ2n) is 5.56. The van der Waals surface area contributed by atoms with Gasteiger partial charge in [-0.25, -0.2) is 15.0 Å². The fraction of sp³-hybridized carbons (Fsp3) is 0.533. The second kappa shape index (κ2) is 6.78. The number of H-pyrrole nitrogens is 1. The van der Waals surface area contributed by atoms with E-state index in [0.717, 1.165) is 56.4 Å². The van der Waals surface area contributed by atoms with Crippen molar-refractivity contribution in [2.75, 3.05) is 26.3 Å². The van der Waals surface area contributed by atoms with Gasteiger partial charge in [0.1, 0.15) is 6.33 Å². The van der Waals surface area contributed by atoms with Crippen LogP contribution in [0.2, 0.25) is 0 Å². The molecule has 0 aliphatic carbocycles. The van der Waals surface area contributed by atoms with Gasteiger partial charge in [-0.15, -0.1) is 0 Å². The molecule has 6 nitrogen and oxygen atoms in total. The van der Waals surface area contributed by atoms with Crippen LogP contribution in [0, 0.1) is 12.8 Å². The molecule has 0 bridgehead atoms. The maximum Gasteiger partial charge on any atom is 0.115 e. The van der Waals surface area contributed by atoms with E-state index in [2.05, 4.69) is 31.8 Å². The first kappa shape index (κ1) is 14.2. The molecule has 1 saturated heterocycles. The van der Waals surface area contributed by atoms with E-state index in [1.54, 1.807) is 18.9 Å². The number of hydrogen-bond acceptors (Lipinski definition) is 5. The standard InChI is InChI=1S/C15H21N5O/c1-12-15(19-11-17-12)8-20-4-5-21-9-13(7-20)6-14-2-3-16-10-18-14/h2-3,10-11,13H,4-9H2,1H3,(H,17,19). The number of nitrogens with zero attached hydrogens (tertiary/aromatic N) is 4. The molecule has 2 aromatic rings. The molecule has 112 valence electrons. The van der Waals surface area contributed by atoms with Crippen molar-refractivity contribution in [2.24, 2.45) is 5.92 Å². The number of aryl methyl sites for hydroxylation is 1. The fourth-order valence-electron chi connectivity index (χ4n) is 2.71. The summed E-state index contributed by atoms with van der Waals surface area (Å²) in [6.45, 7) is 6.47. The molecule has 3 rings (SSSR count). The van der Waals surface area contributed by atoms with Gasteiger partial charge in [0.15, 0.2) is 0 Å². The van der Waals surface area contributed by atoms with Gasteiger partial charge in [0.2, 0.25) is 0 Å². The Hall–Kier alpha value is -1.79. The highest BCUT2D eigenvalue weighted by Crippen LogP contribution is 2.15. The van der Waals surface area contributed by atoms with Gasteiger partial charge in [0, 0.05) is 43.1 Å². The molecule has 21 heavy (non-hydrogen) atoms. The molecule has 1 aliphatic rings. The third-order valence-electron chi connectivity index (χ3n) is 3.87. The minimum atomic E-state index is 0.460.